The summed E-state index contributed by atoms with van der Waals surface area (Å²) in [7, 11) is 0. The van der Waals surface area contributed by atoms with Gasteiger partial charge in [0.2, 0.25) is 0 Å². The van der Waals surface area contributed by atoms with Gasteiger partial charge in [-0.15, -0.1) is 0 Å². The molecule has 0 unspecified atom stereocenters. The zero-order valence-electron chi connectivity index (χ0n) is 10.3. The molecule has 0 aliphatic carbocycles. The molecule has 0 saturated carbocycles. The van der Waals surface area contributed by atoms with Gasteiger partial charge in [-0.3, -0.25) is 9.78 Å². The van der Waals surface area contributed by atoms with Gasteiger partial charge in [-0.1, -0.05) is 11.6 Å². The molecule has 0 spiro atoms. The predicted molar refractivity (Wildman–Crippen MR) is 74.2 cm³/mol. The Hall–Kier alpha value is -1.91. The summed E-state index contributed by atoms with van der Waals surface area (Å²) in [4.78, 5) is 16.3. The van der Waals surface area contributed by atoms with Gasteiger partial charge in [0.25, 0.3) is 0 Å². The Kier molecular flexibility index (Phi) is 3.83. The normalized spacial score (nSPS) is 12.2. The summed E-state index contributed by atoms with van der Waals surface area (Å²) in [5.41, 5.74) is 7.20. The highest BCUT2D eigenvalue weighted by Crippen LogP contribution is 2.32. The Morgan fingerprint density at radius 3 is 2.53 bits per heavy atom. The molecule has 0 saturated heterocycles. The monoisotopic (exact) mass is 276 g/mol. The predicted octanol–water partition coefficient (Wildman–Crippen LogP) is 2.60. The Morgan fingerprint density at radius 1 is 1.32 bits per heavy atom. The van der Waals surface area contributed by atoms with Gasteiger partial charge in [-0.05, 0) is 31.2 Å². The lowest BCUT2D eigenvalue weighted by Gasteiger charge is -2.15. The molecule has 19 heavy (non-hydrogen) atoms. The van der Waals surface area contributed by atoms with Crippen molar-refractivity contribution < 1.29 is 9.90 Å². The zero-order valence-corrected chi connectivity index (χ0v) is 11.1. The SMILES string of the molecule is C[C@H](O)c1c(Cl)ccc(N)c1C(=O)c1ccncc1. The lowest BCUT2D eigenvalue weighted by molar-refractivity contribution is 0.103. The van der Waals surface area contributed by atoms with Crippen molar-refractivity contribution in [3.63, 3.8) is 0 Å². The Morgan fingerprint density at radius 2 is 1.95 bits per heavy atom. The number of aromatic nitrogens is 1. The molecule has 3 N–H and O–H groups in total. The van der Waals surface area contributed by atoms with E-state index < -0.39 is 6.10 Å². The third-order valence-electron chi connectivity index (χ3n) is 2.81. The number of hydrogen-bond acceptors (Lipinski definition) is 4. The number of nitrogen functional groups attached to an aromatic ring is 1. The molecule has 98 valence electrons. The number of nitrogens with two attached hydrogens (primary N) is 1. The second kappa shape index (κ2) is 5.38. The van der Waals surface area contributed by atoms with E-state index in [4.69, 9.17) is 17.3 Å². The van der Waals surface area contributed by atoms with Crippen molar-refractivity contribution in [1.82, 2.24) is 4.98 Å². The van der Waals surface area contributed by atoms with E-state index in [2.05, 4.69) is 4.98 Å². The number of aliphatic hydroxyl groups is 1. The lowest BCUT2D eigenvalue weighted by atomic mass is 9.94. The van der Waals surface area contributed by atoms with Gasteiger partial charge in [0.1, 0.15) is 0 Å². The summed E-state index contributed by atoms with van der Waals surface area (Å²) in [5, 5.41) is 10.1. The summed E-state index contributed by atoms with van der Waals surface area (Å²) in [6.45, 7) is 1.55. The number of anilines is 1. The van der Waals surface area contributed by atoms with Gasteiger partial charge in [0.15, 0.2) is 5.78 Å². The average Bonchev–Trinajstić information content (AvgIpc) is 2.41. The highest BCUT2D eigenvalue weighted by atomic mass is 35.5. The number of rotatable bonds is 3. The maximum Gasteiger partial charge on any atom is 0.195 e. The third-order valence-corrected chi connectivity index (χ3v) is 3.14. The standard InChI is InChI=1S/C14H13ClN2O2/c1-8(18)12-10(15)2-3-11(16)13(12)14(19)9-4-6-17-7-5-9/h2-8,18H,16H2,1H3/t8-/m0/s1. The van der Waals surface area contributed by atoms with Crippen LogP contribution >= 0.6 is 11.6 Å². The first-order chi connectivity index (χ1) is 9.02. The first-order valence-electron chi connectivity index (χ1n) is 5.73. The van der Waals surface area contributed by atoms with Crippen molar-refractivity contribution in [3.8, 4) is 0 Å². The largest absolute Gasteiger partial charge is 0.398 e. The van der Waals surface area contributed by atoms with Crippen LogP contribution in [-0.2, 0) is 0 Å². The van der Waals surface area contributed by atoms with Crippen LogP contribution in [0.15, 0.2) is 36.7 Å². The fourth-order valence-corrected chi connectivity index (χ4v) is 2.24. The second-order valence-electron chi connectivity index (χ2n) is 4.17. The number of nitrogens with zero attached hydrogens (tertiary/aromatic N) is 1. The number of pyridine rings is 1. The molecule has 1 atom stereocenters. The van der Waals surface area contributed by atoms with Crippen molar-refractivity contribution >= 4 is 23.1 Å². The molecule has 0 fully saturated rings. The van der Waals surface area contributed by atoms with Gasteiger partial charge in [-0.25, -0.2) is 0 Å². The molecule has 4 nitrogen and oxygen atoms in total. The molecule has 0 amide bonds. The van der Waals surface area contributed by atoms with Crippen LogP contribution in [0.5, 0.6) is 0 Å². The van der Waals surface area contributed by atoms with Gasteiger partial charge < -0.3 is 10.8 Å². The smallest absolute Gasteiger partial charge is 0.195 e. The number of halogens is 1. The Balaban J connectivity index is 2.62. The maximum atomic E-state index is 12.5. The minimum atomic E-state index is -0.878. The van der Waals surface area contributed by atoms with Gasteiger partial charge in [0, 0.05) is 34.2 Å². The fourth-order valence-electron chi connectivity index (χ4n) is 1.92. The van der Waals surface area contributed by atoms with Crippen LogP contribution in [0, 0.1) is 0 Å². The highest BCUT2D eigenvalue weighted by molar-refractivity contribution is 6.32. The van der Waals surface area contributed by atoms with Crippen molar-refractivity contribution in [2.75, 3.05) is 5.73 Å². The van der Waals surface area contributed by atoms with Gasteiger partial charge in [0.05, 0.1) is 11.7 Å². The summed E-state index contributed by atoms with van der Waals surface area (Å²) >= 11 is 6.05. The minimum absolute atomic E-state index is 0.244. The average molecular weight is 277 g/mol. The number of benzene rings is 1. The molecule has 0 bridgehead atoms. The summed E-state index contributed by atoms with van der Waals surface area (Å²) in [6.07, 6.45) is 2.17. The van der Waals surface area contributed by atoms with Crippen LogP contribution < -0.4 is 5.73 Å². The highest BCUT2D eigenvalue weighted by Gasteiger charge is 2.22. The van der Waals surface area contributed by atoms with E-state index in [0.717, 1.165) is 0 Å². The molecular formula is C14H13ClN2O2. The second-order valence-corrected chi connectivity index (χ2v) is 4.57. The molecule has 0 aliphatic heterocycles. The molecular weight excluding hydrogens is 264 g/mol. The van der Waals surface area contributed by atoms with Gasteiger partial charge in [-0.2, -0.15) is 0 Å². The number of ketones is 1. The quantitative estimate of drug-likeness (QED) is 0.667. The van der Waals surface area contributed by atoms with Crippen molar-refractivity contribution in [2.24, 2.45) is 0 Å². The van der Waals surface area contributed by atoms with E-state index in [1.165, 1.54) is 12.4 Å². The van der Waals surface area contributed by atoms with E-state index in [-0.39, 0.29) is 11.3 Å². The molecule has 5 heteroatoms. The van der Waals surface area contributed by atoms with Crippen LogP contribution in [0.4, 0.5) is 5.69 Å². The number of hydrogen-bond donors (Lipinski definition) is 2. The van der Waals surface area contributed by atoms with Crippen LogP contribution in [0.3, 0.4) is 0 Å². The lowest BCUT2D eigenvalue weighted by Crippen LogP contribution is -2.11. The summed E-state index contributed by atoms with van der Waals surface area (Å²) in [6, 6.07) is 6.31. The molecule has 0 radical (unpaired) electrons. The zero-order chi connectivity index (χ0) is 14.0. The topological polar surface area (TPSA) is 76.2 Å². The van der Waals surface area contributed by atoms with E-state index in [1.54, 1.807) is 31.2 Å². The number of carbonyl (C=O) groups is 1. The van der Waals surface area contributed by atoms with Gasteiger partial charge >= 0.3 is 0 Å². The van der Waals surface area contributed by atoms with E-state index in [1.807, 2.05) is 0 Å². The molecule has 1 heterocycles. The van der Waals surface area contributed by atoms with Crippen LogP contribution in [0.1, 0.15) is 34.5 Å². The van der Waals surface area contributed by atoms with Crippen LogP contribution in [0.2, 0.25) is 5.02 Å². The van der Waals surface area contributed by atoms with Crippen molar-refractivity contribution in [2.45, 2.75) is 13.0 Å². The number of aliphatic hydroxyl groups excluding tert-OH is 1. The summed E-state index contributed by atoms with van der Waals surface area (Å²) in [5.74, 6) is -0.279. The fraction of sp³-hybridized carbons (Fsp3) is 0.143. The minimum Gasteiger partial charge on any atom is -0.398 e. The van der Waals surface area contributed by atoms with Crippen molar-refractivity contribution in [1.29, 1.82) is 0 Å². The molecule has 2 aromatic rings. The van der Waals surface area contributed by atoms with Crippen LogP contribution in [-0.4, -0.2) is 15.9 Å². The number of carbonyl (C=O) groups excluding carboxylic acids is 1. The maximum absolute atomic E-state index is 12.5. The molecule has 1 aromatic heterocycles. The Bertz CT molecular complexity index is 612. The summed E-state index contributed by atoms with van der Waals surface area (Å²) < 4.78 is 0. The van der Waals surface area contributed by atoms with E-state index in [9.17, 15) is 9.90 Å². The van der Waals surface area contributed by atoms with E-state index >= 15 is 0 Å². The molecule has 2 rings (SSSR count). The third kappa shape index (κ3) is 2.59. The van der Waals surface area contributed by atoms with Crippen molar-refractivity contribution in [3.05, 3.63) is 58.4 Å². The van der Waals surface area contributed by atoms with Crippen LogP contribution in [0.25, 0.3) is 0 Å². The Labute approximate surface area is 115 Å². The first-order valence-corrected chi connectivity index (χ1v) is 6.11. The first kappa shape index (κ1) is 13.5. The van der Waals surface area contributed by atoms with E-state index in [0.29, 0.717) is 21.8 Å². The molecule has 1 aromatic carbocycles. The molecule has 0 aliphatic rings.